The van der Waals surface area contributed by atoms with Crippen molar-refractivity contribution in [2.75, 3.05) is 11.5 Å². The van der Waals surface area contributed by atoms with Gasteiger partial charge in [-0.3, -0.25) is 0 Å². The fourth-order valence-corrected chi connectivity index (χ4v) is 0.937. The molecule has 0 radical (unpaired) electrons. The zero-order chi connectivity index (χ0) is 9.68. The summed E-state index contributed by atoms with van der Waals surface area (Å²) in [5, 5.41) is 0. The molecular weight excluding hydrogens is 185 g/mol. The molecule has 1 aromatic carbocycles. The van der Waals surface area contributed by atoms with Crippen molar-refractivity contribution in [3.05, 3.63) is 29.6 Å². The number of anilines is 1. The molecule has 0 aliphatic rings. The normalized spacial score (nSPS) is 9.08. The number of hydrogen-bond acceptors (Lipinski definition) is 2. The Bertz CT molecular complexity index is 352. The summed E-state index contributed by atoms with van der Waals surface area (Å²) in [6.45, 7) is 0. The van der Waals surface area contributed by atoms with E-state index >= 15 is 0 Å². The van der Waals surface area contributed by atoms with Gasteiger partial charge in [0, 0.05) is 17.7 Å². The maximum Gasteiger partial charge on any atom is 0.147 e. The maximum atomic E-state index is 12.9. The highest BCUT2D eigenvalue weighted by atomic mass is 32.1. The van der Waals surface area contributed by atoms with Crippen LogP contribution < -0.4 is 5.73 Å². The van der Waals surface area contributed by atoms with Crippen molar-refractivity contribution in [1.82, 2.24) is 0 Å². The average molecular weight is 195 g/mol. The molecule has 0 spiro atoms. The zero-order valence-electron chi connectivity index (χ0n) is 7.05. The van der Waals surface area contributed by atoms with Gasteiger partial charge < -0.3 is 5.73 Å². The molecule has 0 amide bonds. The lowest BCUT2D eigenvalue weighted by molar-refractivity contribution is 0.632. The summed E-state index contributed by atoms with van der Waals surface area (Å²) in [5.74, 6) is 5.98. The number of thiol groups is 1. The number of nitrogens with two attached hydrogens (primary N) is 1. The zero-order valence-corrected chi connectivity index (χ0v) is 7.94. The first-order chi connectivity index (χ1) is 6.24. The number of nitrogen functional groups attached to an aromatic ring is 1. The van der Waals surface area contributed by atoms with Crippen LogP contribution in [0.4, 0.5) is 10.1 Å². The number of halogens is 1. The topological polar surface area (TPSA) is 26.0 Å². The number of rotatable bonds is 1. The van der Waals surface area contributed by atoms with Crippen LogP contribution in [0.2, 0.25) is 0 Å². The van der Waals surface area contributed by atoms with Gasteiger partial charge in [-0.25, -0.2) is 4.39 Å². The lowest BCUT2D eigenvalue weighted by atomic mass is 10.2. The number of benzene rings is 1. The quantitative estimate of drug-likeness (QED) is 0.400. The lowest BCUT2D eigenvalue weighted by Gasteiger charge is -1.95. The van der Waals surface area contributed by atoms with Gasteiger partial charge in [0.25, 0.3) is 0 Å². The van der Waals surface area contributed by atoms with Crippen molar-refractivity contribution < 1.29 is 4.39 Å². The van der Waals surface area contributed by atoms with Crippen LogP contribution in [-0.2, 0) is 0 Å². The molecule has 0 saturated carbocycles. The Hall–Kier alpha value is -1.14. The Morgan fingerprint density at radius 1 is 1.46 bits per heavy atom. The number of hydrogen-bond donors (Lipinski definition) is 2. The summed E-state index contributed by atoms with van der Waals surface area (Å²) >= 11 is 4.01. The van der Waals surface area contributed by atoms with Crippen LogP contribution in [-0.4, -0.2) is 5.75 Å². The standard InChI is InChI=1S/C10H10FNS/c11-9-7-8(3-1-2-6-13)4-5-10(9)12/h4-5,7,13H,2,6,12H2. The van der Waals surface area contributed by atoms with Gasteiger partial charge in [-0.15, -0.1) is 0 Å². The second kappa shape index (κ2) is 4.78. The van der Waals surface area contributed by atoms with Crippen molar-refractivity contribution in [3.63, 3.8) is 0 Å². The molecule has 0 aromatic heterocycles. The Morgan fingerprint density at radius 2 is 2.23 bits per heavy atom. The molecule has 0 saturated heterocycles. The van der Waals surface area contributed by atoms with E-state index in [0.717, 1.165) is 0 Å². The Labute approximate surface area is 82.6 Å². The van der Waals surface area contributed by atoms with E-state index in [4.69, 9.17) is 5.73 Å². The summed E-state index contributed by atoms with van der Waals surface area (Å²) in [5.41, 5.74) is 6.11. The lowest BCUT2D eigenvalue weighted by Crippen LogP contribution is -1.90. The Morgan fingerprint density at radius 3 is 2.85 bits per heavy atom. The van der Waals surface area contributed by atoms with Crippen molar-refractivity contribution in [3.8, 4) is 11.8 Å². The maximum absolute atomic E-state index is 12.9. The predicted octanol–water partition coefficient (Wildman–Crippen LogP) is 2.08. The largest absolute Gasteiger partial charge is 0.396 e. The van der Waals surface area contributed by atoms with Gasteiger partial charge in [0.15, 0.2) is 0 Å². The van der Waals surface area contributed by atoms with Crippen LogP contribution in [0.3, 0.4) is 0 Å². The van der Waals surface area contributed by atoms with Gasteiger partial charge in [0.1, 0.15) is 5.82 Å². The minimum Gasteiger partial charge on any atom is -0.396 e. The van der Waals surface area contributed by atoms with Gasteiger partial charge in [0.2, 0.25) is 0 Å². The van der Waals surface area contributed by atoms with E-state index in [1.165, 1.54) is 12.1 Å². The third-order valence-electron chi connectivity index (χ3n) is 1.47. The van der Waals surface area contributed by atoms with Gasteiger partial charge in [-0.2, -0.15) is 12.6 Å². The first kappa shape index (κ1) is 9.94. The van der Waals surface area contributed by atoms with E-state index in [-0.39, 0.29) is 5.69 Å². The molecule has 0 atom stereocenters. The molecule has 2 N–H and O–H groups in total. The average Bonchev–Trinajstić information content (AvgIpc) is 2.12. The molecule has 0 unspecified atom stereocenters. The van der Waals surface area contributed by atoms with Crippen molar-refractivity contribution in [2.24, 2.45) is 0 Å². The van der Waals surface area contributed by atoms with Crippen LogP contribution >= 0.6 is 12.6 Å². The van der Waals surface area contributed by atoms with E-state index in [1.54, 1.807) is 6.07 Å². The summed E-state index contributed by atoms with van der Waals surface area (Å²) in [7, 11) is 0. The summed E-state index contributed by atoms with van der Waals surface area (Å²) in [6.07, 6.45) is 0.703. The highest BCUT2D eigenvalue weighted by Crippen LogP contribution is 2.10. The second-order valence-electron chi connectivity index (χ2n) is 2.51. The van der Waals surface area contributed by atoms with Gasteiger partial charge in [-0.05, 0) is 18.2 Å². The van der Waals surface area contributed by atoms with Crippen LogP contribution in [0, 0.1) is 17.7 Å². The molecule has 0 aliphatic carbocycles. The smallest absolute Gasteiger partial charge is 0.147 e. The van der Waals surface area contributed by atoms with Crippen molar-refractivity contribution >= 4 is 18.3 Å². The molecule has 0 fully saturated rings. The molecule has 0 heterocycles. The first-order valence-corrected chi connectivity index (χ1v) is 4.52. The van der Waals surface area contributed by atoms with Gasteiger partial charge in [-0.1, -0.05) is 11.8 Å². The molecular formula is C10H10FNS. The van der Waals surface area contributed by atoms with Gasteiger partial charge in [0.05, 0.1) is 5.69 Å². The van der Waals surface area contributed by atoms with Crippen molar-refractivity contribution in [2.45, 2.75) is 6.42 Å². The summed E-state index contributed by atoms with van der Waals surface area (Å²) < 4.78 is 12.9. The van der Waals surface area contributed by atoms with Gasteiger partial charge >= 0.3 is 0 Å². The minimum absolute atomic E-state index is 0.153. The highest BCUT2D eigenvalue weighted by molar-refractivity contribution is 7.80. The molecule has 0 aliphatic heterocycles. The monoisotopic (exact) mass is 195 g/mol. The predicted molar refractivity (Wildman–Crippen MR) is 56.2 cm³/mol. The van der Waals surface area contributed by atoms with Crippen LogP contribution in [0.25, 0.3) is 0 Å². The summed E-state index contributed by atoms with van der Waals surface area (Å²) in [4.78, 5) is 0. The van der Waals surface area contributed by atoms with Crippen LogP contribution in [0.15, 0.2) is 18.2 Å². The molecule has 1 nitrogen and oxygen atoms in total. The van der Waals surface area contributed by atoms with Crippen LogP contribution in [0.1, 0.15) is 12.0 Å². The second-order valence-corrected chi connectivity index (χ2v) is 2.96. The fraction of sp³-hybridized carbons (Fsp3) is 0.200. The Kier molecular flexibility index (Phi) is 3.66. The first-order valence-electron chi connectivity index (χ1n) is 3.89. The van der Waals surface area contributed by atoms with E-state index in [1.807, 2.05) is 0 Å². The minimum atomic E-state index is -0.419. The third-order valence-corrected chi connectivity index (χ3v) is 1.69. The molecule has 68 valence electrons. The van der Waals surface area contributed by atoms with Crippen molar-refractivity contribution in [1.29, 1.82) is 0 Å². The van der Waals surface area contributed by atoms with E-state index in [2.05, 4.69) is 24.5 Å². The molecule has 1 rings (SSSR count). The molecule has 3 heteroatoms. The highest BCUT2D eigenvalue weighted by Gasteiger charge is 1.96. The van der Waals surface area contributed by atoms with Crippen LogP contribution in [0.5, 0.6) is 0 Å². The SMILES string of the molecule is Nc1ccc(C#CCCS)cc1F. The van der Waals surface area contributed by atoms with E-state index in [0.29, 0.717) is 17.7 Å². The fourth-order valence-electron chi connectivity index (χ4n) is 0.825. The molecule has 1 aromatic rings. The third kappa shape index (κ3) is 3.00. The Balaban J connectivity index is 2.81. The van der Waals surface area contributed by atoms with E-state index < -0.39 is 5.82 Å². The summed E-state index contributed by atoms with van der Waals surface area (Å²) in [6, 6.07) is 4.55. The molecule has 13 heavy (non-hydrogen) atoms. The molecule has 0 bridgehead atoms. The van der Waals surface area contributed by atoms with E-state index in [9.17, 15) is 4.39 Å².